The molecule has 1 aromatic heterocycles. The van der Waals surface area contributed by atoms with Crippen molar-refractivity contribution in [2.75, 3.05) is 0 Å². The van der Waals surface area contributed by atoms with Crippen LogP contribution in [0.15, 0.2) is 16.9 Å². The quantitative estimate of drug-likeness (QED) is 0.620. The first kappa shape index (κ1) is 7.78. The lowest BCUT2D eigenvalue weighted by atomic mass is 10.3. The summed E-state index contributed by atoms with van der Waals surface area (Å²) in [4.78, 5) is 8.36. The molecule has 0 spiro atoms. The molecule has 4 heteroatoms. The highest BCUT2D eigenvalue weighted by Crippen LogP contribution is 2.38. The Balaban J connectivity index is 0.000000179. The van der Waals surface area contributed by atoms with Crippen LogP contribution in [-0.2, 0) is 4.79 Å². The third-order valence-corrected chi connectivity index (χ3v) is 1.45. The van der Waals surface area contributed by atoms with Gasteiger partial charge in [-0.2, -0.15) is 0 Å². The van der Waals surface area contributed by atoms with Crippen LogP contribution < -0.4 is 0 Å². The molecule has 1 aromatic rings. The van der Waals surface area contributed by atoms with E-state index >= 15 is 0 Å². The molecule has 1 aliphatic rings. The Bertz CT molecular complexity index is 203. The predicted molar refractivity (Wildman–Crippen MR) is 37.2 cm³/mol. The molecule has 0 aromatic carbocycles. The number of rotatable bonds is 1. The average Bonchev–Trinajstić information content (AvgIpc) is 2.69. The highest BCUT2D eigenvalue weighted by Gasteiger charge is 2.25. The van der Waals surface area contributed by atoms with Crippen LogP contribution >= 0.6 is 0 Å². The fraction of sp³-hybridized carbons (Fsp3) is 0.429. The summed E-state index contributed by atoms with van der Waals surface area (Å²) in [6.45, 7) is -0.250. The van der Waals surface area contributed by atoms with Crippen molar-refractivity contribution in [2.24, 2.45) is 0 Å². The highest BCUT2D eigenvalue weighted by molar-refractivity contribution is 5.32. The van der Waals surface area contributed by atoms with Crippen molar-refractivity contribution >= 4 is 6.47 Å². The van der Waals surface area contributed by atoms with Crippen LogP contribution in [0.1, 0.15) is 24.5 Å². The molecule has 0 atom stereocenters. The van der Waals surface area contributed by atoms with Gasteiger partial charge in [-0.3, -0.25) is 4.79 Å². The summed E-state index contributed by atoms with van der Waals surface area (Å²) in [6, 6.07) is 1.94. The molecule has 4 nitrogen and oxygen atoms in total. The summed E-state index contributed by atoms with van der Waals surface area (Å²) in [5, 5.41) is 10.7. The van der Waals surface area contributed by atoms with E-state index in [-0.39, 0.29) is 6.47 Å². The standard InChI is InChI=1S/C6H7NO.CH2O2/c1-2-5(1)6-3-4-8-7-6;2-1-3/h3-5H,1-2H2;1H,(H,2,3). The molecule has 0 bridgehead atoms. The van der Waals surface area contributed by atoms with E-state index in [1.165, 1.54) is 12.8 Å². The van der Waals surface area contributed by atoms with Gasteiger partial charge in [0.05, 0.1) is 5.69 Å². The predicted octanol–water partition coefficient (Wildman–Crippen LogP) is 1.25. The molecule has 0 radical (unpaired) electrons. The van der Waals surface area contributed by atoms with Gasteiger partial charge in [-0.15, -0.1) is 0 Å². The van der Waals surface area contributed by atoms with E-state index < -0.39 is 0 Å². The maximum Gasteiger partial charge on any atom is 0.290 e. The molecule has 2 rings (SSSR count). The van der Waals surface area contributed by atoms with Gasteiger partial charge in [0.25, 0.3) is 6.47 Å². The number of aromatic nitrogens is 1. The lowest BCUT2D eigenvalue weighted by Gasteiger charge is -1.78. The molecule has 11 heavy (non-hydrogen) atoms. The van der Waals surface area contributed by atoms with Gasteiger partial charge in [-0.25, -0.2) is 0 Å². The monoisotopic (exact) mass is 155 g/mol. The summed E-state index contributed by atoms with van der Waals surface area (Å²) < 4.78 is 4.67. The van der Waals surface area contributed by atoms with Crippen LogP contribution in [0.3, 0.4) is 0 Å². The molecule has 1 fully saturated rings. The largest absolute Gasteiger partial charge is 0.483 e. The van der Waals surface area contributed by atoms with Crippen molar-refractivity contribution in [1.29, 1.82) is 0 Å². The van der Waals surface area contributed by atoms with Crippen LogP contribution in [-0.4, -0.2) is 16.7 Å². The van der Waals surface area contributed by atoms with Gasteiger partial charge < -0.3 is 9.63 Å². The zero-order valence-corrected chi connectivity index (χ0v) is 5.93. The number of hydrogen-bond acceptors (Lipinski definition) is 3. The van der Waals surface area contributed by atoms with E-state index in [1.807, 2.05) is 6.07 Å². The first-order valence-electron chi connectivity index (χ1n) is 3.36. The lowest BCUT2D eigenvalue weighted by molar-refractivity contribution is -0.122. The molecule has 1 N–H and O–H groups in total. The summed E-state index contributed by atoms with van der Waals surface area (Å²) in [7, 11) is 0. The second kappa shape index (κ2) is 3.75. The summed E-state index contributed by atoms with van der Waals surface area (Å²) in [5.74, 6) is 0.730. The maximum absolute atomic E-state index is 8.36. The average molecular weight is 155 g/mol. The Morgan fingerprint density at radius 3 is 2.73 bits per heavy atom. The molecular weight excluding hydrogens is 146 g/mol. The Kier molecular flexibility index (Phi) is 2.66. The van der Waals surface area contributed by atoms with E-state index in [4.69, 9.17) is 9.90 Å². The van der Waals surface area contributed by atoms with Crippen molar-refractivity contribution < 1.29 is 14.4 Å². The Morgan fingerprint density at radius 2 is 2.36 bits per heavy atom. The van der Waals surface area contributed by atoms with Gasteiger partial charge in [-0.05, 0) is 12.8 Å². The summed E-state index contributed by atoms with van der Waals surface area (Å²) in [6.07, 6.45) is 4.23. The SMILES string of the molecule is O=CO.c1cc(C2CC2)no1. The summed E-state index contributed by atoms with van der Waals surface area (Å²) in [5.41, 5.74) is 1.13. The topological polar surface area (TPSA) is 63.3 Å². The molecule has 60 valence electrons. The van der Waals surface area contributed by atoms with E-state index in [0.29, 0.717) is 0 Å². The van der Waals surface area contributed by atoms with E-state index in [9.17, 15) is 0 Å². The molecule has 0 saturated heterocycles. The third-order valence-electron chi connectivity index (χ3n) is 1.45. The Hall–Kier alpha value is -1.32. The number of nitrogens with zero attached hydrogens (tertiary/aromatic N) is 1. The van der Waals surface area contributed by atoms with Crippen LogP contribution in [0.4, 0.5) is 0 Å². The molecule has 0 aliphatic heterocycles. The van der Waals surface area contributed by atoms with Gasteiger partial charge in [0, 0.05) is 12.0 Å². The fourth-order valence-electron chi connectivity index (χ4n) is 0.812. The Labute approximate surface area is 63.8 Å². The molecule has 0 unspecified atom stereocenters. The van der Waals surface area contributed by atoms with E-state index in [1.54, 1.807) is 6.26 Å². The van der Waals surface area contributed by atoms with Crippen LogP contribution in [0.2, 0.25) is 0 Å². The fourth-order valence-corrected chi connectivity index (χ4v) is 0.812. The summed E-state index contributed by atoms with van der Waals surface area (Å²) >= 11 is 0. The van der Waals surface area contributed by atoms with Crippen molar-refractivity contribution in [3.63, 3.8) is 0 Å². The van der Waals surface area contributed by atoms with E-state index in [0.717, 1.165) is 11.6 Å². The zero-order valence-electron chi connectivity index (χ0n) is 5.93. The molecular formula is C7H9NO3. The number of carboxylic acid groups (broad SMARTS) is 1. The van der Waals surface area contributed by atoms with Gasteiger partial charge in [-0.1, -0.05) is 5.16 Å². The van der Waals surface area contributed by atoms with Gasteiger partial charge in [0.2, 0.25) is 0 Å². The van der Waals surface area contributed by atoms with E-state index in [2.05, 4.69) is 9.68 Å². The second-order valence-electron chi connectivity index (χ2n) is 2.30. The van der Waals surface area contributed by atoms with Crippen molar-refractivity contribution in [3.8, 4) is 0 Å². The zero-order chi connectivity index (χ0) is 8.10. The second-order valence-corrected chi connectivity index (χ2v) is 2.30. The minimum Gasteiger partial charge on any atom is -0.483 e. The van der Waals surface area contributed by atoms with Crippen molar-refractivity contribution in [3.05, 3.63) is 18.0 Å². The number of hydrogen-bond donors (Lipinski definition) is 1. The van der Waals surface area contributed by atoms with Crippen molar-refractivity contribution in [1.82, 2.24) is 5.16 Å². The van der Waals surface area contributed by atoms with Crippen LogP contribution in [0, 0.1) is 0 Å². The highest BCUT2D eigenvalue weighted by atomic mass is 16.5. The molecule has 1 saturated carbocycles. The number of carbonyl (C=O) groups is 1. The van der Waals surface area contributed by atoms with Crippen LogP contribution in [0.5, 0.6) is 0 Å². The lowest BCUT2D eigenvalue weighted by Crippen LogP contribution is -1.73. The van der Waals surface area contributed by atoms with Gasteiger partial charge in [0.15, 0.2) is 0 Å². The maximum atomic E-state index is 8.36. The molecule has 0 amide bonds. The minimum atomic E-state index is -0.250. The third kappa shape index (κ3) is 2.41. The minimum absolute atomic E-state index is 0.250. The van der Waals surface area contributed by atoms with Crippen LogP contribution in [0.25, 0.3) is 0 Å². The molecule has 1 heterocycles. The van der Waals surface area contributed by atoms with Crippen molar-refractivity contribution in [2.45, 2.75) is 18.8 Å². The normalized spacial score (nSPS) is 14.9. The smallest absolute Gasteiger partial charge is 0.290 e. The molecule has 1 aliphatic carbocycles. The van der Waals surface area contributed by atoms with Gasteiger partial charge >= 0.3 is 0 Å². The first-order chi connectivity index (χ1) is 5.38. The first-order valence-corrected chi connectivity index (χ1v) is 3.36. The van der Waals surface area contributed by atoms with Gasteiger partial charge in [0.1, 0.15) is 6.26 Å². The Morgan fingerprint density at radius 1 is 1.73 bits per heavy atom.